The van der Waals surface area contributed by atoms with Gasteiger partial charge in [-0.3, -0.25) is 9.69 Å². The molecule has 7 heteroatoms. The molecule has 28 heavy (non-hydrogen) atoms. The van der Waals surface area contributed by atoms with Crippen molar-refractivity contribution in [2.75, 3.05) is 31.6 Å². The molecule has 1 aromatic carbocycles. The Labute approximate surface area is 161 Å². The average molecular weight is 382 g/mol. The summed E-state index contributed by atoms with van der Waals surface area (Å²) in [5.74, 6) is 0.509. The molecule has 1 N–H and O–H groups in total. The third-order valence-corrected chi connectivity index (χ3v) is 4.94. The van der Waals surface area contributed by atoms with Gasteiger partial charge < -0.3 is 18.9 Å². The van der Waals surface area contributed by atoms with Crippen LogP contribution in [0.1, 0.15) is 27.2 Å². The van der Waals surface area contributed by atoms with Crippen LogP contribution < -0.4 is 10.9 Å². The van der Waals surface area contributed by atoms with E-state index in [-0.39, 0.29) is 11.5 Å². The number of hydrogen-bond acceptors (Lipinski definition) is 6. The third kappa shape index (κ3) is 3.85. The van der Waals surface area contributed by atoms with E-state index in [4.69, 9.17) is 13.6 Å². The SMILES string of the molecule is Cc1cc2oc(=O)cc(C)c2cc1NC(=O)c1coc(CN2CCOCC2)c1. The first kappa shape index (κ1) is 18.5. The van der Waals surface area contributed by atoms with Crippen LogP contribution in [0.2, 0.25) is 0 Å². The zero-order valence-corrected chi connectivity index (χ0v) is 15.9. The van der Waals surface area contributed by atoms with E-state index >= 15 is 0 Å². The summed E-state index contributed by atoms with van der Waals surface area (Å²) in [6.07, 6.45) is 1.48. The summed E-state index contributed by atoms with van der Waals surface area (Å²) in [5.41, 5.74) is 2.89. The van der Waals surface area contributed by atoms with Gasteiger partial charge in [-0.1, -0.05) is 0 Å². The zero-order chi connectivity index (χ0) is 19.7. The van der Waals surface area contributed by atoms with Crippen molar-refractivity contribution in [3.8, 4) is 0 Å². The Balaban J connectivity index is 1.52. The maximum atomic E-state index is 12.7. The van der Waals surface area contributed by atoms with Crippen LogP contribution in [0.4, 0.5) is 5.69 Å². The molecule has 146 valence electrons. The number of carbonyl (C=O) groups is 1. The van der Waals surface area contributed by atoms with Crippen LogP contribution in [0.5, 0.6) is 0 Å². The molecule has 1 fully saturated rings. The summed E-state index contributed by atoms with van der Waals surface area (Å²) in [5, 5.41) is 3.72. The van der Waals surface area contributed by atoms with Gasteiger partial charge in [-0.2, -0.15) is 0 Å². The molecule has 0 radical (unpaired) electrons. The van der Waals surface area contributed by atoms with E-state index in [0.717, 1.165) is 48.6 Å². The molecule has 0 saturated carbocycles. The Hall–Kier alpha value is -2.90. The highest BCUT2D eigenvalue weighted by Crippen LogP contribution is 2.25. The largest absolute Gasteiger partial charge is 0.467 e. The van der Waals surface area contributed by atoms with E-state index in [1.165, 1.54) is 12.3 Å². The number of furan rings is 1. The number of rotatable bonds is 4. The van der Waals surface area contributed by atoms with E-state index < -0.39 is 0 Å². The molecule has 1 amide bonds. The average Bonchev–Trinajstić information content (AvgIpc) is 3.12. The molecule has 0 atom stereocenters. The predicted molar refractivity (Wildman–Crippen MR) is 105 cm³/mol. The predicted octanol–water partition coefficient (Wildman–Crippen LogP) is 3.09. The summed E-state index contributed by atoms with van der Waals surface area (Å²) in [7, 11) is 0. The summed E-state index contributed by atoms with van der Waals surface area (Å²) >= 11 is 0. The number of hydrogen-bond donors (Lipinski definition) is 1. The number of nitrogens with one attached hydrogen (secondary N) is 1. The zero-order valence-electron chi connectivity index (χ0n) is 15.9. The van der Waals surface area contributed by atoms with Crippen molar-refractivity contribution >= 4 is 22.6 Å². The molecule has 0 unspecified atom stereocenters. The first-order valence-corrected chi connectivity index (χ1v) is 9.23. The standard InChI is InChI=1S/C21H22N2O5/c1-13-8-20(24)28-19-7-14(2)18(10-17(13)19)22-21(25)15-9-16(27-12-15)11-23-3-5-26-6-4-23/h7-10,12H,3-6,11H2,1-2H3,(H,22,25). The molecule has 1 saturated heterocycles. The van der Waals surface area contributed by atoms with Crippen LogP contribution in [0.15, 0.2) is 44.2 Å². The van der Waals surface area contributed by atoms with Crippen LogP contribution in [0.3, 0.4) is 0 Å². The van der Waals surface area contributed by atoms with Gasteiger partial charge in [0.15, 0.2) is 0 Å². The van der Waals surface area contributed by atoms with E-state index in [0.29, 0.717) is 23.4 Å². The molecule has 3 aromatic rings. The van der Waals surface area contributed by atoms with Crippen LogP contribution in [0, 0.1) is 13.8 Å². The lowest BCUT2D eigenvalue weighted by molar-refractivity contribution is 0.0313. The summed E-state index contributed by atoms with van der Waals surface area (Å²) < 4.78 is 16.2. The molecule has 1 aliphatic rings. The Bertz CT molecular complexity index is 1080. The molecule has 4 rings (SSSR count). The number of carbonyl (C=O) groups excluding carboxylic acids is 1. The lowest BCUT2D eigenvalue weighted by Crippen LogP contribution is -2.35. The number of benzene rings is 1. The topological polar surface area (TPSA) is 84.9 Å². The molecule has 1 aliphatic heterocycles. The van der Waals surface area contributed by atoms with Gasteiger partial charge in [-0.05, 0) is 43.2 Å². The van der Waals surface area contributed by atoms with E-state index in [9.17, 15) is 9.59 Å². The Morgan fingerprint density at radius 2 is 1.89 bits per heavy atom. The highest BCUT2D eigenvalue weighted by Gasteiger charge is 2.16. The third-order valence-electron chi connectivity index (χ3n) is 4.94. The van der Waals surface area contributed by atoms with Crippen LogP contribution in [-0.4, -0.2) is 37.1 Å². The van der Waals surface area contributed by atoms with Crippen molar-refractivity contribution < 1.29 is 18.4 Å². The fourth-order valence-electron chi connectivity index (χ4n) is 3.36. The van der Waals surface area contributed by atoms with Gasteiger partial charge in [-0.15, -0.1) is 0 Å². The highest BCUT2D eigenvalue weighted by atomic mass is 16.5. The normalized spacial score (nSPS) is 15.1. The first-order valence-electron chi connectivity index (χ1n) is 9.23. The number of nitrogens with zero attached hydrogens (tertiary/aromatic N) is 1. The van der Waals surface area contributed by atoms with Crippen molar-refractivity contribution in [2.45, 2.75) is 20.4 Å². The van der Waals surface area contributed by atoms with Gasteiger partial charge in [0.2, 0.25) is 0 Å². The second-order valence-electron chi connectivity index (χ2n) is 7.06. The van der Waals surface area contributed by atoms with Crippen molar-refractivity contribution in [3.05, 3.63) is 63.4 Å². The number of amides is 1. The number of anilines is 1. The van der Waals surface area contributed by atoms with Gasteiger partial charge in [0.25, 0.3) is 5.91 Å². The monoisotopic (exact) mass is 382 g/mol. The van der Waals surface area contributed by atoms with Crippen LogP contribution in [0.25, 0.3) is 11.0 Å². The van der Waals surface area contributed by atoms with E-state index in [1.54, 1.807) is 12.1 Å². The fraction of sp³-hybridized carbons (Fsp3) is 0.333. The quantitative estimate of drug-likeness (QED) is 0.698. The molecular weight excluding hydrogens is 360 g/mol. The van der Waals surface area contributed by atoms with Gasteiger partial charge in [0, 0.05) is 30.2 Å². The minimum atomic E-state index is -0.382. The molecule has 2 aromatic heterocycles. The summed E-state index contributed by atoms with van der Waals surface area (Å²) in [6.45, 7) is 7.50. The van der Waals surface area contributed by atoms with Crippen LogP contribution in [-0.2, 0) is 11.3 Å². The number of ether oxygens (including phenoxy) is 1. The molecule has 0 spiro atoms. The minimum absolute atomic E-state index is 0.241. The molecule has 0 aliphatic carbocycles. The fourth-order valence-corrected chi connectivity index (χ4v) is 3.36. The van der Waals surface area contributed by atoms with E-state index in [1.807, 2.05) is 19.9 Å². The smallest absolute Gasteiger partial charge is 0.336 e. The highest BCUT2D eigenvalue weighted by molar-refractivity contribution is 6.05. The molecule has 0 bridgehead atoms. The number of morpholine rings is 1. The van der Waals surface area contributed by atoms with Gasteiger partial charge >= 0.3 is 5.63 Å². The Kier molecular flexibility index (Phi) is 5.02. The number of aryl methyl sites for hydroxylation is 2. The van der Waals surface area contributed by atoms with Crippen molar-refractivity contribution in [1.29, 1.82) is 0 Å². The maximum absolute atomic E-state index is 12.7. The van der Waals surface area contributed by atoms with Crippen LogP contribution >= 0.6 is 0 Å². The molecule has 7 nitrogen and oxygen atoms in total. The molecule has 3 heterocycles. The minimum Gasteiger partial charge on any atom is -0.467 e. The van der Waals surface area contributed by atoms with E-state index in [2.05, 4.69) is 10.2 Å². The summed E-state index contributed by atoms with van der Waals surface area (Å²) in [6, 6.07) is 6.80. The van der Waals surface area contributed by atoms with Crippen molar-refractivity contribution in [2.24, 2.45) is 0 Å². The van der Waals surface area contributed by atoms with Gasteiger partial charge in [0.1, 0.15) is 17.6 Å². The van der Waals surface area contributed by atoms with Gasteiger partial charge in [0.05, 0.1) is 25.3 Å². The lowest BCUT2D eigenvalue weighted by Gasteiger charge is -2.25. The van der Waals surface area contributed by atoms with Crippen molar-refractivity contribution in [1.82, 2.24) is 4.90 Å². The van der Waals surface area contributed by atoms with Gasteiger partial charge in [-0.25, -0.2) is 4.79 Å². The van der Waals surface area contributed by atoms with Crippen molar-refractivity contribution in [3.63, 3.8) is 0 Å². The Morgan fingerprint density at radius 3 is 2.68 bits per heavy atom. The number of fused-ring (bicyclic) bond motifs is 1. The first-order chi connectivity index (χ1) is 13.5. The lowest BCUT2D eigenvalue weighted by atomic mass is 10.1. The molecular formula is C21H22N2O5. The second-order valence-corrected chi connectivity index (χ2v) is 7.06. The second kappa shape index (κ2) is 7.61. The maximum Gasteiger partial charge on any atom is 0.336 e. The summed E-state index contributed by atoms with van der Waals surface area (Å²) in [4.78, 5) is 26.5. The Morgan fingerprint density at radius 1 is 1.11 bits per heavy atom.